The number of morpholine rings is 1. The SMILES string of the molecule is O=C(Cc1cccc(F)c1F)N[C@@H]1COC[C@H]1N1CCOCC1. The molecule has 1 aromatic carbocycles. The van der Waals surface area contributed by atoms with Gasteiger partial charge in [-0.05, 0) is 6.07 Å². The van der Waals surface area contributed by atoms with E-state index < -0.39 is 11.6 Å². The minimum atomic E-state index is -0.963. The maximum absolute atomic E-state index is 13.6. The first-order valence-corrected chi connectivity index (χ1v) is 7.77. The molecule has 126 valence electrons. The number of ether oxygens (including phenoxy) is 2. The van der Waals surface area contributed by atoms with Crippen LogP contribution in [0.1, 0.15) is 5.56 Å². The fourth-order valence-electron chi connectivity index (χ4n) is 3.07. The summed E-state index contributed by atoms with van der Waals surface area (Å²) in [6, 6.07) is 3.81. The molecular weight excluding hydrogens is 306 g/mol. The summed E-state index contributed by atoms with van der Waals surface area (Å²) in [5.74, 6) is -2.23. The van der Waals surface area contributed by atoms with Gasteiger partial charge in [0.05, 0.1) is 44.9 Å². The van der Waals surface area contributed by atoms with Gasteiger partial charge >= 0.3 is 0 Å². The lowest BCUT2D eigenvalue weighted by Crippen LogP contribution is -2.54. The van der Waals surface area contributed by atoms with E-state index in [1.165, 1.54) is 12.1 Å². The second kappa shape index (κ2) is 7.33. The van der Waals surface area contributed by atoms with E-state index >= 15 is 0 Å². The summed E-state index contributed by atoms with van der Waals surface area (Å²) in [5.41, 5.74) is 0.0596. The predicted octanol–water partition coefficient (Wildman–Crippen LogP) is 0.723. The van der Waals surface area contributed by atoms with Crippen LogP contribution in [0.4, 0.5) is 8.78 Å². The maximum Gasteiger partial charge on any atom is 0.224 e. The largest absolute Gasteiger partial charge is 0.379 e. The Morgan fingerprint density at radius 1 is 1.22 bits per heavy atom. The Balaban J connectivity index is 1.59. The molecular formula is C16H20F2N2O3. The fraction of sp³-hybridized carbons (Fsp3) is 0.562. The zero-order valence-corrected chi connectivity index (χ0v) is 12.8. The molecule has 2 atom stereocenters. The van der Waals surface area contributed by atoms with Crippen LogP contribution in [0.25, 0.3) is 0 Å². The molecule has 7 heteroatoms. The van der Waals surface area contributed by atoms with E-state index in [0.29, 0.717) is 26.4 Å². The van der Waals surface area contributed by atoms with Gasteiger partial charge in [-0.1, -0.05) is 12.1 Å². The minimum absolute atomic E-state index is 0.0596. The van der Waals surface area contributed by atoms with Gasteiger partial charge in [-0.3, -0.25) is 9.69 Å². The van der Waals surface area contributed by atoms with E-state index in [0.717, 1.165) is 19.2 Å². The molecule has 1 aromatic rings. The third-order valence-corrected chi connectivity index (χ3v) is 4.29. The van der Waals surface area contributed by atoms with Crippen LogP contribution < -0.4 is 5.32 Å². The van der Waals surface area contributed by atoms with Gasteiger partial charge in [0.25, 0.3) is 0 Å². The third kappa shape index (κ3) is 3.85. The summed E-state index contributed by atoms with van der Waals surface area (Å²) in [7, 11) is 0. The first-order chi connectivity index (χ1) is 11.1. The lowest BCUT2D eigenvalue weighted by atomic mass is 10.1. The molecule has 0 unspecified atom stereocenters. The molecule has 1 amide bonds. The van der Waals surface area contributed by atoms with E-state index in [9.17, 15) is 13.6 Å². The van der Waals surface area contributed by atoms with Crippen molar-refractivity contribution in [3.63, 3.8) is 0 Å². The zero-order valence-electron chi connectivity index (χ0n) is 12.8. The van der Waals surface area contributed by atoms with Crippen LogP contribution in [-0.4, -0.2) is 62.4 Å². The predicted molar refractivity (Wildman–Crippen MR) is 79.0 cm³/mol. The Hall–Kier alpha value is -1.57. The van der Waals surface area contributed by atoms with Gasteiger partial charge in [0.1, 0.15) is 0 Å². The van der Waals surface area contributed by atoms with Crippen molar-refractivity contribution in [1.82, 2.24) is 10.2 Å². The Kier molecular flexibility index (Phi) is 5.20. The minimum Gasteiger partial charge on any atom is -0.379 e. The van der Waals surface area contributed by atoms with Crippen LogP contribution in [0.2, 0.25) is 0 Å². The summed E-state index contributed by atoms with van der Waals surface area (Å²) in [6.07, 6.45) is -0.185. The second-order valence-corrected chi connectivity index (χ2v) is 5.82. The number of nitrogens with one attached hydrogen (secondary N) is 1. The Labute approximate surface area is 133 Å². The number of hydrogen-bond acceptors (Lipinski definition) is 4. The van der Waals surface area contributed by atoms with Gasteiger partial charge in [-0.2, -0.15) is 0 Å². The molecule has 23 heavy (non-hydrogen) atoms. The van der Waals surface area contributed by atoms with Crippen LogP contribution in [0.3, 0.4) is 0 Å². The summed E-state index contributed by atoms with van der Waals surface area (Å²) >= 11 is 0. The highest BCUT2D eigenvalue weighted by atomic mass is 19.2. The van der Waals surface area contributed by atoms with E-state index in [1.54, 1.807) is 0 Å². The van der Waals surface area contributed by atoms with Crippen molar-refractivity contribution in [2.24, 2.45) is 0 Å². The molecule has 3 rings (SSSR count). The van der Waals surface area contributed by atoms with Gasteiger partial charge in [0.2, 0.25) is 5.91 Å². The molecule has 2 aliphatic heterocycles. The van der Waals surface area contributed by atoms with Gasteiger partial charge in [-0.15, -0.1) is 0 Å². The van der Waals surface area contributed by atoms with Crippen molar-refractivity contribution >= 4 is 5.91 Å². The van der Waals surface area contributed by atoms with E-state index in [4.69, 9.17) is 9.47 Å². The van der Waals surface area contributed by atoms with E-state index in [1.807, 2.05) is 0 Å². The van der Waals surface area contributed by atoms with Crippen molar-refractivity contribution in [3.8, 4) is 0 Å². The highest BCUT2D eigenvalue weighted by Crippen LogP contribution is 2.16. The molecule has 0 saturated carbocycles. The van der Waals surface area contributed by atoms with Crippen LogP contribution in [0.15, 0.2) is 18.2 Å². The number of carbonyl (C=O) groups excluding carboxylic acids is 1. The monoisotopic (exact) mass is 326 g/mol. The molecule has 0 spiro atoms. The van der Waals surface area contributed by atoms with Crippen molar-refractivity contribution in [1.29, 1.82) is 0 Å². The number of benzene rings is 1. The van der Waals surface area contributed by atoms with Crippen molar-refractivity contribution in [2.75, 3.05) is 39.5 Å². The van der Waals surface area contributed by atoms with Crippen LogP contribution in [-0.2, 0) is 20.7 Å². The number of hydrogen-bond donors (Lipinski definition) is 1. The number of halogens is 2. The average molecular weight is 326 g/mol. The molecule has 0 aromatic heterocycles. The van der Waals surface area contributed by atoms with E-state index in [-0.39, 0.29) is 30.0 Å². The average Bonchev–Trinajstić information content (AvgIpc) is 3.00. The number of amides is 1. The zero-order chi connectivity index (χ0) is 16.2. The summed E-state index contributed by atoms with van der Waals surface area (Å²) < 4.78 is 37.7. The molecule has 2 fully saturated rings. The highest BCUT2D eigenvalue weighted by Gasteiger charge is 2.34. The van der Waals surface area contributed by atoms with Crippen LogP contribution in [0, 0.1) is 11.6 Å². The quantitative estimate of drug-likeness (QED) is 0.886. The summed E-state index contributed by atoms with van der Waals surface area (Å²) in [5, 5.41) is 2.89. The lowest BCUT2D eigenvalue weighted by Gasteiger charge is -2.34. The van der Waals surface area contributed by atoms with Gasteiger partial charge in [0, 0.05) is 18.7 Å². The van der Waals surface area contributed by atoms with Gasteiger partial charge in [0.15, 0.2) is 11.6 Å². The van der Waals surface area contributed by atoms with Crippen molar-refractivity contribution in [2.45, 2.75) is 18.5 Å². The number of nitrogens with zero attached hydrogens (tertiary/aromatic N) is 1. The maximum atomic E-state index is 13.6. The fourth-order valence-corrected chi connectivity index (χ4v) is 3.07. The molecule has 5 nitrogen and oxygen atoms in total. The van der Waals surface area contributed by atoms with Crippen molar-refractivity contribution in [3.05, 3.63) is 35.4 Å². The van der Waals surface area contributed by atoms with Crippen LogP contribution >= 0.6 is 0 Å². The van der Waals surface area contributed by atoms with E-state index in [2.05, 4.69) is 10.2 Å². The van der Waals surface area contributed by atoms with Crippen molar-refractivity contribution < 1.29 is 23.0 Å². The Morgan fingerprint density at radius 2 is 2.00 bits per heavy atom. The van der Waals surface area contributed by atoms with Gasteiger partial charge in [-0.25, -0.2) is 8.78 Å². The highest BCUT2D eigenvalue weighted by molar-refractivity contribution is 5.79. The molecule has 1 N–H and O–H groups in total. The first-order valence-electron chi connectivity index (χ1n) is 7.77. The number of rotatable bonds is 4. The third-order valence-electron chi connectivity index (χ3n) is 4.29. The standard InChI is InChI=1S/C16H20F2N2O3/c17-12-3-1-2-11(16(12)18)8-15(21)19-13-9-23-10-14(13)20-4-6-22-7-5-20/h1-3,13-14H,4-10H2,(H,19,21)/t13-,14-/m1/s1. The smallest absolute Gasteiger partial charge is 0.224 e. The van der Waals surface area contributed by atoms with Gasteiger partial charge < -0.3 is 14.8 Å². The Morgan fingerprint density at radius 3 is 2.78 bits per heavy atom. The molecule has 0 bridgehead atoms. The summed E-state index contributed by atoms with van der Waals surface area (Å²) in [4.78, 5) is 14.4. The molecule has 0 radical (unpaired) electrons. The normalized spacial score (nSPS) is 25.5. The second-order valence-electron chi connectivity index (χ2n) is 5.82. The molecule has 2 heterocycles. The molecule has 2 aliphatic rings. The lowest BCUT2D eigenvalue weighted by molar-refractivity contribution is -0.121. The number of carbonyl (C=O) groups is 1. The Bertz CT molecular complexity index is 564. The van der Waals surface area contributed by atoms with Crippen LogP contribution in [0.5, 0.6) is 0 Å². The summed E-state index contributed by atoms with van der Waals surface area (Å²) in [6.45, 7) is 3.94. The topological polar surface area (TPSA) is 50.8 Å². The molecule has 2 saturated heterocycles. The first kappa shape index (κ1) is 16.3. The molecule has 0 aliphatic carbocycles.